The predicted octanol–water partition coefficient (Wildman–Crippen LogP) is 2.63. The molecule has 0 bridgehead atoms. The molecule has 2 aromatic rings. The van der Waals surface area contributed by atoms with Gasteiger partial charge in [-0.3, -0.25) is 9.59 Å². The number of nitrogens with one attached hydrogen (secondary N) is 2. The maximum absolute atomic E-state index is 12.9. The van der Waals surface area contributed by atoms with Crippen LogP contribution in [0.15, 0.2) is 18.2 Å². The second kappa shape index (κ2) is 8.33. The van der Waals surface area contributed by atoms with Crippen LogP contribution in [0.1, 0.15) is 53.5 Å². The van der Waals surface area contributed by atoms with Crippen LogP contribution < -0.4 is 20.1 Å². The standard InChI is InChI=1S/C20H26N4O4/c1-12(2)21-20(26)18-23-17(14-7-5-6-10-24(14)18)19(25)22-13-8-9-15(27-3)16(11-13)28-4/h8-9,11-12H,5-7,10H2,1-4H3,(H,21,26)(H,22,25). The van der Waals surface area contributed by atoms with E-state index in [-0.39, 0.29) is 17.9 Å². The van der Waals surface area contributed by atoms with Gasteiger partial charge in [0.05, 0.1) is 19.9 Å². The molecule has 2 N–H and O–H groups in total. The van der Waals surface area contributed by atoms with E-state index in [4.69, 9.17) is 9.47 Å². The number of hydrogen-bond donors (Lipinski definition) is 2. The molecule has 2 amide bonds. The maximum Gasteiger partial charge on any atom is 0.287 e. The van der Waals surface area contributed by atoms with Gasteiger partial charge in [-0.1, -0.05) is 0 Å². The molecule has 0 atom stereocenters. The third-order valence-electron chi connectivity index (χ3n) is 4.60. The summed E-state index contributed by atoms with van der Waals surface area (Å²) in [5.74, 6) is 0.780. The highest BCUT2D eigenvalue weighted by atomic mass is 16.5. The molecule has 0 saturated carbocycles. The molecule has 0 radical (unpaired) electrons. The molecule has 150 valence electrons. The minimum atomic E-state index is -0.346. The van der Waals surface area contributed by atoms with Gasteiger partial charge in [-0.05, 0) is 45.2 Å². The number of amides is 2. The van der Waals surface area contributed by atoms with Gasteiger partial charge in [-0.25, -0.2) is 4.98 Å². The molecule has 2 heterocycles. The number of ether oxygens (including phenoxy) is 2. The summed E-state index contributed by atoms with van der Waals surface area (Å²) in [6.07, 6.45) is 2.65. The molecule has 0 unspecified atom stereocenters. The topological polar surface area (TPSA) is 94.5 Å². The molecule has 8 heteroatoms. The predicted molar refractivity (Wildman–Crippen MR) is 105 cm³/mol. The zero-order valence-corrected chi connectivity index (χ0v) is 16.7. The number of carbonyl (C=O) groups excluding carboxylic acids is 2. The number of aromatic nitrogens is 2. The van der Waals surface area contributed by atoms with Gasteiger partial charge in [0.1, 0.15) is 0 Å². The normalized spacial score (nSPS) is 13.0. The van der Waals surface area contributed by atoms with E-state index in [2.05, 4.69) is 15.6 Å². The first kappa shape index (κ1) is 19.7. The number of rotatable bonds is 6. The minimum absolute atomic E-state index is 0.00641. The summed E-state index contributed by atoms with van der Waals surface area (Å²) in [5.41, 5.74) is 1.66. The summed E-state index contributed by atoms with van der Waals surface area (Å²) in [6.45, 7) is 4.47. The highest BCUT2D eigenvalue weighted by molar-refractivity contribution is 6.05. The van der Waals surface area contributed by atoms with Crippen LogP contribution in [0, 0.1) is 0 Å². The van der Waals surface area contributed by atoms with E-state index in [0.717, 1.165) is 25.0 Å². The highest BCUT2D eigenvalue weighted by Crippen LogP contribution is 2.30. The van der Waals surface area contributed by atoms with Crippen molar-refractivity contribution in [3.05, 3.63) is 35.4 Å². The third kappa shape index (κ3) is 3.95. The largest absolute Gasteiger partial charge is 0.493 e. The highest BCUT2D eigenvalue weighted by Gasteiger charge is 2.27. The molecule has 1 aliphatic rings. The summed E-state index contributed by atoms with van der Waals surface area (Å²) in [6, 6.07) is 5.13. The second-order valence-corrected chi connectivity index (χ2v) is 6.99. The lowest BCUT2D eigenvalue weighted by Crippen LogP contribution is -2.33. The lowest BCUT2D eigenvalue weighted by atomic mass is 10.1. The fraction of sp³-hybridized carbons (Fsp3) is 0.450. The molecular weight excluding hydrogens is 360 g/mol. The smallest absolute Gasteiger partial charge is 0.287 e. The molecule has 0 spiro atoms. The third-order valence-corrected chi connectivity index (χ3v) is 4.60. The number of hydrogen-bond acceptors (Lipinski definition) is 5. The number of benzene rings is 1. The van der Waals surface area contributed by atoms with E-state index in [1.807, 2.05) is 18.4 Å². The molecule has 0 saturated heterocycles. The first-order valence-electron chi connectivity index (χ1n) is 9.38. The number of nitrogens with zero attached hydrogens (tertiary/aromatic N) is 2. The van der Waals surface area contributed by atoms with Crippen molar-refractivity contribution in [3.8, 4) is 11.5 Å². The van der Waals surface area contributed by atoms with Crippen LogP contribution in [0.25, 0.3) is 0 Å². The number of imidazole rings is 1. The van der Waals surface area contributed by atoms with Crippen molar-refractivity contribution in [1.29, 1.82) is 0 Å². The van der Waals surface area contributed by atoms with Gasteiger partial charge in [0.2, 0.25) is 0 Å². The number of methoxy groups -OCH3 is 2. The van der Waals surface area contributed by atoms with Crippen LogP contribution in [-0.4, -0.2) is 41.6 Å². The lowest BCUT2D eigenvalue weighted by Gasteiger charge is -2.17. The van der Waals surface area contributed by atoms with E-state index in [0.29, 0.717) is 35.2 Å². The first-order valence-corrected chi connectivity index (χ1v) is 9.38. The van der Waals surface area contributed by atoms with Crippen LogP contribution in [0.3, 0.4) is 0 Å². The van der Waals surface area contributed by atoms with E-state index in [1.54, 1.807) is 25.3 Å². The summed E-state index contributed by atoms with van der Waals surface area (Å²) in [5, 5.41) is 5.70. The molecule has 28 heavy (non-hydrogen) atoms. The average Bonchev–Trinajstić information content (AvgIpc) is 3.07. The Labute approximate surface area is 164 Å². The van der Waals surface area contributed by atoms with Gasteiger partial charge >= 0.3 is 0 Å². The summed E-state index contributed by atoms with van der Waals surface area (Å²) in [4.78, 5) is 29.8. The lowest BCUT2D eigenvalue weighted by molar-refractivity contribution is 0.0927. The van der Waals surface area contributed by atoms with Gasteiger partial charge in [0, 0.05) is 24.3 Å². The van der Waals surface area contributed by atoms with E-state index >= 15 is 0 Å². The fourth-order valence-corrected chi connectivity index (χ4v) is 3.33. The van der Waals surface area contributed by atoms with E-state index < -0.39 is 0 Å². The molecule has 8 nitrogen and oxygen atoms in total. The Hall–Kier alpha value is -3.03. The van der Waals surface area contributed by atoms with Crippen LogP contribution >= 0.6 is 0 Å². The molecule has 1 aromatic heterocycles. The summed E-state index contributed by atoms with van der Waals surface area (Å²) >= 11 is 0. The Morgan fingerprint density at radius 1 is 1.11 bits per heavy atom. The van der Waals surface area contributed by atoms with E-state index in [1.165, 1.54) is 7.11 Å². The van der Waals surface area contributed by atoms with Crippen molar-refractivity contribution in [2.24, 2.45) is 0 Å². The Bertz CT molecular complexity index is 889. The molecule has 1 aliphatic heterocycles. The molecular formula is C20H26N4O4. The van der Waals surface area contributed by atoms with Crippen molar-refractivity contribution in [2.75, 3.05) is 19.5 Å². The average molecular weight is 386 g/mol. The number of carbonyl (C=O) groups is 2. The molecule has 0 aliphatic carbocycles. The van der Waals surface area contributed by atoms with Gasteiger partial charge in [0.25, 0.3) is 11.8 Å². The molecule has 0 fully saturated rings. The van der Waals surface area contributed by atoms with Crippen LogP contribution in [0.4, 0.5) is 5.69 Å². The van der Waals surface area contributed by atoms with Crippen molar-refractivity contribution >= 4 is 17.5 Å². The SMILES string of the molecule is COc1ccc(NC(=O)c2nc(C(=O)NC(C)C)n3c2CCCC3)cc1OC. The summed E-state index contributed by atoms with van der Waals surface area (Å²) in [7, 11) is 3.09. The number of anilines is 1. The molecule has 1 aromatic carbocycles. The van der Waals surface area contributed by atoms with Gasteiger partial charge < -0.3 is 24.7 Å². The Morgan fingerprint density at radius 3 is 2.54 bits per heavy atom. The second-order valence-electron chi connectivity index (χ2n) is 6.99. The Balaban J connectivity index is 1.89. The monoisotopic (exact) mass is 386 g/mol. The molecule has 3 rings (SSSR count). The van der Waals surface area contributed by atoms with E-state index in [9.17, 15) is 9.59 Å². The Morgan fingerprint density at radius 2 is 1.86 bits per heavy atom. The maximum atomic E-state index is 12.9. The zero-order chi connectivity index (χ0) is 20.3. The van der Waals surface area contributed by atoms with Crippen LogP contribution in [-0.2, 0) is 13.0 Å². The van der Waals surface area contributed by atoms with Crippen molar-refractivity contribution in [2.45, 2.75) is 45.7 Å². The van der Waals surface area contributed by atoms with Crippen molar-refractivity contribution in [1.82, 2.24) is 14.9 Å². The van der Waals surface area contributed by atoms with Crippen LogP contribution in [0.5, 0.6) is 11.5 Å². The minimum Gasteiger partial charge on any atom is -0.493 e. The zero-order valence-electron chi connectivity index (χ0n) is 16.7. The summed E-state index contributed by atoms with van der Waals surface area (Å²) < 4.78 is 12.4. The van der Waals surface area contributed by atoms with Crippen molar-refractivity contribution < 1.29 is 19.1 Å². The van der Waals surface area contributed by atoms with Crippen molar-refractivity contribution in [3.63, 3.8) is 0 Å². The van der Waals surface area contributed by atoms with Gasteiger partial charge in [-0.2, -0.15) is 0 Å². The van der Waals surface area contributed by atoms with Gasteiger partial charge in [-0.15, -0.1) is 0 Å². The van der Waals surface area contributed by atoms with Crippen LogP contribution in [0.2, 0.25) is 0 Å². The first-order chi connectivity index (χ1) is 13.4. The quantitative estimate of drug-likeness (QED) is 0.796. The Kier molecular flexibility index (Phi) is 5.87. The number of fused-ring (bicyclic) bond motifs is 1. The van der Waals surface area contributed by atoms with Gasteiger partial charge in [0.15, 0.2) is 23.0 Å². The fourth-order valence-electron chi connectivity index (χ4n) is 3.33.